The van der Waals surface area contributed by atoms with Crippen molar-refractivity contribution in [3.63, 3.8) is 0 Å². The number of hydrogen-bond acceptors (Lipinski definition) is 3. The van der Waals surface area contributed by atoms with Gasteiger partial charge in [-0.3, -0.25) is 14.5 Å². The van der Waals surface area contributed by atoms with Crippen LogP contribution in [0.25, 0.3) is 0 Å². The summed E-state index contributed by atoms with van der Waals surface area (Å²) < 4.78 is 13.2. The Balaban J connectivity index is 1.68. The van der Waals surface area contributed by atoms with Gasteiger partial charge in [-0.25, -0.2) is 4.39 Å². The number of halogens is 1. The molecule has 4 rings (SSSR count). The zero-order valence-electron chi connectivity index (χ0n) is 16.7. The summed E-state index contributed by atoms with van der Waals surface area (Å²) in [4.78, 5) is 27.3. The topological polar surface area (TPSA) is 49.4 Å². The molecule has 2 amide bonds. The second-order valence-corrected chi connectivity index (χ2v) is 8.33. The molecule has 152 valence electrons. The van der Waals surface area contributed by atoms with E-state index in [9.17, 15) is 14.0 Å². The summed E-state index contributed by atoms with van der Waals surface area (Å²) in [6, 6.07) is 19.0. The van der Waals surface area contributed by atoms with Gasteiger partial charge in [0.05, 0.1) is 5.75 Å². The summed E-state index contributed by atoms with van der Waals surface area (Å²) in [5, 5.41) is 2.68. The van der Waals surface area contributed by atoms with Crippen LogP contribution in [0.15, 0.2) is 66.7 Å². The maximum Gasteiger partial charge on any atom is 0.255 e. The Morgan fingerprint density at radius 2 is 1.80 bits per heavy atom. The average molecular weight is 421 g/mol. The van der Waals surface area contributed by atoms with E-state index in [2.05, 4.69) is 5.32 Å². The highest BCUT2D eigenvalue weighted by Crippen LogP contribution is 2.45. The third-order valence-electron chi connectivity index (χ3n) is 5.07. The van der Waals surface area contributed by atoms with Crippen molar-refractivity contribution in [3.8, 4) is 0 Å². The number of aryl methyl sites for hydroxylation is 2. The summed E-state index contributed by atoms with van der Waals surface area (Å²) in [7, 11) is 0. The van der Waals surface area contributed by atoms with Crippen LogP contribution in [-0.4, -0.2) is 17.6 Å². The molecule has 1 N–H and O–H groups in total. The first-order chi connectivity index (χ1) is 14.4. The first kappa shape index (κ1) is 20.2. The van der Waals surface area contributed by atoms with Crippen LogP contribution in [0.4, 0.5) is 15.8 Å². The molecule has 3 aromatic carbocycles. The smallest absolute Gasteiger partial charge is 0.255 e. The minimum atomic E-state index is -0.392. The molecule has 6 heteroatoms. The van der Waals surface area contributed by atoms with Crippen LogP contribution >= 0.6 is 11.8 Å². The Morgan fingerprint density at radius 1 is 1.07 bits per heavy atom. The molecular formula is C24H21FN2O2S. The van der Waals surface area contributed by atoms with Crippen LogP contribution in [0.1, 0.15) is 32.4 Å². The second-order valence-electron chi connectivity index (χ2n) is 7.27. The van der Waals surface area contributed by atoms with Crippen molar-refractivity contribution in [1.82, 2.24) is 0 Å². The Bertz CT molecular complexity index is 1110. The molecule has 0 aromatic heterocycles. The Morgan fingerprint density at radius 3 is 2.57 bits per heavy atom. The fourth-order valence-corrected chi connectivity index (χ4v) is 4.72. The minimum absolute atomic E-state index is 0.0402. The number of anilines is 2. The summed E-state index contributed by atoms with van der Waals surface area (Å²) >= 11 is 1.54. The summed E-state index contributed by atoms with van der Waals surface area (Å²) in [6.45, 7) is 3.99. The zero-order valence-corrected chi connectivity index (χ0v) is 17.5. The molecule has 1 saturated heterocycles. The molecule has 1 heterocycles. The Labute approximate surface area is 179 Å². The lowest BCUT2D eigenvalue weighted by atomic mass is 10.1. The molecule has 1 aliphatic rings. The fraction of sp³-hybridized carbons (Fsp3) is 0.167. The molecule has 1 aliphatic heterocycles. The molecule has 30 heavy (non-hydrogen) atoms. The summed E-state index contributed by atoms with van der Waals surface area (Å²) in [6.07, 6.45) is 0. The van der Waals surface area contributed by atoms with Crippen molar-refractivity contribution >= 4 is 35.0 Å². The molecule has 4 nitrogen and oxygen atoms in total. The van der Waals surface area contributed by atoms with Crippen molar-refractivity contribution in [2.24, 2.45) is 0 Å². The molecule has 1 unspecified atom stereocenters. The normalized spacial score (nSPS) is 16.0. The largest absolute Gasteiger partial charge is 0.322 e. The zero-order chi connectivity index (χ0) is 21.3. The number of benzene rings is 3. The van der Waals surface area contributed by atoms with Gasteiger partial charge in [0.25, 0.3) is 5.91 Å². The number of nitrogens with zero attached hydrogens (tertiary/aromatic N) is 1. The first-order valence-corrected chi connectivity index (χ1v) is 10.7. The van der Waals surface area contributed by atoms with E-state index in [1.54, 1.807) is 0 Å². The lowest BCUT2D eigenvalue weighted by molar-refractivity contribution is -0.115. The van der Waals surface area contributed by atoms with E-state index >= 15 is 0 Å². The number of amides is 2. The Hall–Kier alpha value is -3.12. The Kier molecular flexibility index (Phi) is 5.59. The number of thioether (sulfide) groups is 1. The fourth-order valence-electron chi connectivity index (χ4n) is 3.52. The third-order valence-corrected chi connectivity index (χ3v) is 6.27. The van der Waals surface area contributed by atoms with Gasteiger partial charge < -0.3 is 5.32 Å². The van der Waals surface area contributed by atoms with Crippen LogP contribution in [0.3, 0.4) is 0 Å². The first-order valence-electron chi connectivity index (χ1n) is 9.61. The number of nitrogens with one attached hydrogen (secondary N) is 1. The van der Waals surface area contributed by atoms with E-state index in [1.807, 2.05) is 61.2 Å². The highest BCUT2D eigenvalue weighted by molar-refractivity contribution is 8.00. The predicted octanol–water partition coefficient (Wildman–Crippen LogP) is 5.47. The van der Waals surface area contributed by atoms with Crippen LogP contribution in [0, 0.1) is 19.7 Å². The summed E-state index contributed by atoms with van der Waals surface area (Å²) in [5.41, 5.74) is 4.84. The molecule has 0 saturated carbocycles. The van der Waals surface area contributed by atoms with Gasteiger partial charge >= 0.3 is 0 Å². The monoisotopic (exact) mass is 420 g/mol. The van der Waals surface area contributed by atoms with E-state index in [0.717, 1.165) is 22.4 Å². The van der Waals surface area contributed by atoms with Gasteiger partial charge in [-0.05, 0) is 61.4 Å². The molecule has 0 bridgehead atoms. The van der Waals surface area contributed by atoms with E-state index in [0.29, 0.717) is 17.0 Å². The average Bonchev–Trinajstić information content (AvgIpc) is 3.11. The molecule has 0 radical (unpaired) electrons. The highest BCUT2D eigenvalue weighted by atomic mass is 32.2. The molecule has 1 atom stereocenters. The molecular weight excluding hydrogens is 399 g/mol. The number of carbonyl (C=O) groups excluding carboxylic acids is 2. The van der Waals surface area contributed by atoms with Gasteiger partial charge in [-0.15, -0.1) is 11.8 Å². The van der Waals surface area contributed by atoms with Gasteiger partial charge in [0.1, 0.15) is 11.2 Å². The van der Waals surface area contributed by atoms with Crippen LogP contribution in [0.5, 0.6) is 0 Å². The summed E-state index contributed by atoms with van der Waals surface area (Å²) in [5.74, 6) is -0.302. The van der Waals surface area contributed by atoms with E-state index in [1.165, 1.54) is 36.0 Å². The maximum atomic E-state index is 13.2. The van der Waals surface area contributed by atoms with Crippen molar-refractivity contribution in [2.45, 2.75) is 19.2 Å². The van der Waals surface area contributed by atoms with Crippen LogP contribution in [0.2, 0.25) is 0 Å². The maximum absolute atomic E-state index is 13.2. The second kappa shape index (κ2) is 8.32. The van der Waals surface area contributed by atoms with E-state index in [4.69, 9.17) is 0 Å². The van der Waals surface area contributed by atoms with Gasteiger partial charge in [-0.1, -0.05) is 30.3 Å². The minimum Gasteiger partial charge on any atom is -0.322 e. The quantitative estimate of drug-likeness (QED) is 0.609. The standard InChI is InChI=1S/C24H21FN2O2S/c1-15-7-8-16(2)21(13-15)27-22(28)14-30-24(27)19-5-3-4-6-20(19)26-23(29)17-9-11-18(25)12-10-17/h3-13,24H,14H2,1-2H3,(H,26,29). The third kappa shape index (κ3) is 3.96. The number of hydrogen-bond donors (Lipinski definition) is 1. The van der Waals surface area contributed by atoms with Crippen molar-refractivity contribution < 1.29 is 14.0 Å². The van der Waals surface area contributed by atoms with Crippen LogP contribution < -0.4 is 10.2 Å². The SMILES string of the molecule is Cc1ccc(C)c(N2C(=O)CSC2c2ccccc2NC(=O)c2ccc(F)cc2)c1. The molecule has 1 fully saturated rings. The molecule has 3 aromatic rings. The van der Waals surface area contributed by atoms with Crippen molar-refractivity contribution in [3.05, 3.63) is 94.8 Å². The van der Waals surface area contributed by atoms with Gasteiger partial charge in [-0.2, -0.15) is 0 Å². The molecule has 0 aliphatic carbocycles. The van der Waals surface area contributed by atoms with Gasteiger partial charge in [0.2, 0.25) is 5.91 Å². The van der Waals surface area contributed by atoms with Crippen molar-refractivity contribution in [2.75, 3.05) is 16.0 Å². The number of para-hydroxylation sites is 1. The van der Waals surface area contributed by atoms with Crippen molar-refractivity contribution in [1.29, 1.82) is 0 Å². The van der Waals surface area contributed by atoms with E-state index < -0.39 is 5.82 Å². The lowest BCUT2D eigenvalue weighted by Crippen LogP contribution is -2.29. The van der Waals surface area contributed by atoms with Gasteiger partial charge in [0, 0.05) is 22.5 Å². The number of carbonyl (C=O) groups is 2. The predicted molar refractivity (Wildman–Crippen MR) is 119 cm³/mol. The van der Waals surface area contributed by atoms with E-state index in [-0.39, 0.29) is 17.2 Å². The van der Waals surface area contributed by atoms with Crippen LogP contribution in [-0.2, 0) is 4.79 Å². The lowest BCUT2D eigenvalue weighted by Gasteiger charge is -2.27. The molecule has 0 spiro atoms. The highest BCUT2D eigenvalue weighted by Gasteiger charge is 2.36. The van der Waals surface area contributed by atoms with Gasteiger partial charge in [0.15, 0.2) is 0 Å². The number of rotatable bonds is 4.